The van der Waals surface area contributed by atoms with Gasteiger partial charge < -0.3 is 0 Å². The molecule has 2 rings (SSSR count). The zero-order valence-corrected chi connectivity index (χ0v) is 9.27. The molecule has 0 aliphatic carbocycles. The summed E-state index contributed by atoms with van der Waals surface area (Å²) in [6.07, 6.45) is 1.48. The second kappa shape index (κ2) is 4.52. The number of amides is 1. The van der Waals surface area contributed by atoms with Gasteiger partial charge in [-0.25, -0.2) is 0 Å². The Morgan fingerprint density at radius 1 is 1.31 bits per heavy atom. The molecule has 0 saturated carbocycles. The van der Waals surface area contributed by atoms with E-state index in [-0.39, 0.29) is 11.6 Å². The Kier molecular flexibility index (Phi) is 3.09. The van der Waals surface area contributed by atoms with Crippen LogP contribution in [0.1, 0.15) is 12.8 Å². The van der Waals surface area contributed by atoms with Crippen molar-refractivity contribution in [3.63, 3.8) is 0 Å². The minimum Gasteiger partial charge on any atom is -0.282 e. The highest BCUT2D eigenvalue weighted by Crippen LogP contribution is 2.28. The number of carbonyl (C=O) groups excluding carboxylic acids is 1. The van der Waals surface area contributed by atoms with Crippen LogP contribution in [0.2, 0.25) is 0 Å². The van der Waals surface area contributed by atoms with Crippen molar-refractivity contribution in [3.8, 4) is 0 Å². The quantitative estimate of drug-likeness (QED) is 0.460. The maximum absolute atomic E-state index is 11.4. The van der Waals surface area contributed by atoms with Gasteiger partial charge in [0.05, 0.1) is 4.92 Å². The number of nitro groups is 1. The van der Waals surface area contributed by atoms with Crippen LogP contribution in [0, 0.1) is 10.1 Å². The number of hydrogen-bond donors (Lipinski definition) is 0. The highest BCUT2D eigenvalue weighted by atomic mass is 32.2. The molecule has 1 aromatic rings. The summed E-state index contributed by atoms with van der Waals surface area (Å²) >= 11 is 1.34. The maximum Gasteiger partial charge on any atom is 0.269 e. The van der Waals surface area contributed by atoms with Gasteiger partial charge in [0.2, 0.25) is 5.91 Å². The number of rotatable bonds is 3. The molecule has 6 heteroatoms. The number of hydrogen-bond acceptors (Lipinski definition) is 4. The molecule has 0 radical (unpaired) electrons. The van der Waals surface area contributed by atoms with E-state index in [1.807, 2.05) is 0 Å². The molecule has 0 unspecified atom stereocenters. The largest absolute Gasteiger partial charge is 0.282 e. The normalized spacial score (nSPS) is 15.5. The second-order valence-electron chi connectivity index (χ2n) is 3.44. The summed E-state index contributed by atoms with van der Waals surface area (Å²) in [5.41, 5.74) is 0.0668. The minimum atomic E-state index is -0.435. The lowest BCUT2D eigenvalue weighted by Gasteiger charge is -2.13. The van der Waals surface area contributed by atoms with E-state index < -0.39 is 4.92 Å². The van der Waals surface area contributed by atoms with Gasteiger partial charge in [-0.05, 0) is 30.5 Å². The van der Waals surface area contributed by atoms with Crippen LogP contribution in [0.4, 0.5) is 5.69 Å². The zero-order chi connectivity index (χ0) is 11.5. The number of carbonyl (C=O) groups is 1. The van der Waals surface area contributed by atoms with Gasteiger partial charge in [0.1, 0.15) is 0 Å². The Morgan fingerprint density at radius 2 is 2.00 bits per heavy atom. The van der Waals surface area contributed by atoms with Gasteiger partial charge in [0, 0.05) is 30.0 Å². The van der Waals surface area contributed by atoms with Gasteiger partial charge in [-0.15, -0.1) is 0 Å². The first-order valence-corrected chi connectivity index (χ1v) is 5.67. The van der Waals surface area contributed by atoms with E-state index in [0.29, 0.717) is 6.42 Å². The third kappa shape index (κ3) is 2.33. The molecule has 1 aliphatic heterocycles. The van der Waals surface area contributed by atoms with Crippen molar-refractivity contribution in [3.05, 3.63) is 34.4 Å². The van der Waals surface area contributed by atoms with Crippen molar-refractivity contribution >= 4 is 23.5 Å². The zero-order valence-electron chi connectivity index (χ0n) is 8.46. The minimum absolute atomic E-state index is 0.0668. The average Bonchev–Trinajstić information content (AvgIpc) is 2.65. The molecule has 1 heterocycles. The van der Waals surface area contributed by atoms with Crippen molar-refractivity contribution in [1.82, 2.24) is 4.31 Å². The van der Waals surface area contributed by atoms with Crippen LogP contribution in [0.3, 0.4) is 0 Å². The highest BCUT2D eigenvalue weighted by molar-refractivity contribution is 7.97. The first-order valence-electron chi connectivity index (χ1n) is 4.89. The lowest BCUT2D eigenvalue weighted by atomic mass is 10.3. The van der Waals surface area contributed by atoms with Crippen LogP contribution in [-0.4, -0.2) is 21.7 Å². The van der Waals surface area contributed by atoms with Gasteiger partial charge in [-0.1, -0.05) is 0 Å². The molecular weight excluding hydrogens is 228 g/mol. The van der Waals surface area contributed by atoms with Gasteiger partial charge >= 0.3 is 0 Å². The Labute approximate surface area is 96.7 Å². The van der Waals surface area contributed by atoms with E-state index in [2.05, 4.69) is 0 Å². The lowest BCUT2D eigenvalue weighted by Crippen LogP contribution is -2.15. The SMILES string of the molecule is O=C1CCCN1Sc1ccc([N+](=O)[O-])cc1. The smallest absolute Gasteiger partial charge is 0.269 e. The fourth-order valence-electron chi connectivity index (χ4n) is 1.48. The first-order chi connectivity index (χ1) is 7.66. The maximum atomic E-state index is 11.4. The summed E-state index contributed by atoms with van der Waals surface area (Å²) in [5, 5.41) is 10.4. The fraction of sp³-hybridized carbons (Fsp3) is 0.300. The lowest BCUT2D eigenvalue weighted by molar-refractivity contribution is -0.384. The third-order valence-electron chi connectivity index (χ3n) is 2.29. The molecule has 0 atom stereocenters. The molecule has 0 bridgehead atoms. The summed E-state index contributed by atoms with van der Waals surface area (Å²) < 4.78 is 1.70. The van der Waals surface area contributed by atoms with Crippen LogP contribution in [0.15, 0.2) is 29.2 Å². The summed E-state index contributed by atoms with van der Waals surface area (Å²) in [5.74, 6) is 0.128. The first kappa shape index (κ1) is 10.9. The summed E-state index contributed by atoms with van der Waals surface area (Å²) in [4.78, 5) is 22.2. The molecule has 16 heavy (non-hydrogen) atoms. The van der Waals surface area contributed by atoms with Gasteiger partial charge in [0.15, 0.2) is 0 Å². The summed E-state index contributed by atoms with van der Waals surface area (Å²) in [6, 6.07) is 6.22. The Hall–Kier alpha value is -1.56. The molecule has 1 aliphatic rings. The molecule has 1 fully saturated rings. The summed E-state index contributed by atoms with van der Waals surface area (Å²) in [6.45, 7) is 0.750. The van der Waals surface area contributed by atoms with Crippen molar-refractivity contribution in [1.29, 1.82) is 0 Å². The van der Waals surface area contributed by atoms with E-state index in [0.717, 1.165) is 17.9 Å². The van der Waals surface area contributed by atoms with Crippen LogP contribution in [-0.2, 0) is 4.79 Å². The predicted octanol–water partition coefficient (Wildman–Crippen LogP) is 2.22. The number of nitrogens with zero attached hydrogens (tertiary/aromatic N) is 2. The number of nitro benzene ring substituents is 1. The molecule has 0 aromatic heterocycles. The fourth-order valence-corrected chi connectivity index (χ4v) is 2.40. The van der Waals surface area contributed by atoms with Crippen LogP contribution in [0.5, 0.6) is 0 Å². The monoisotopic (exact) mass is 238 g/mol. The summed E-state index contributed by atoms with van der Waals surface area (Å²) in [7, 11) is 0. The Balaban J connectivity index is 2.05. The van der Waals surface area contributed by atoms with E-state index in [9.17, 15) is 14.9 Å². The van der Waals surface area contributed by atoms with E-state index in [1.165, 1.54) is 24.1 Å². The molecular formula is C10H10N2O3S. The van der Waals surface area contributed by atoms with Crippen molar-refractivity contribution in [2.45, 2.75) is 17.7 Å². The van der Waals surface area contributed by atoms with E-state index in [1.54, 1.807) is 16.4 Å². The molecule has 0 N–H and O–H groups in total. The van der Waals surface area contributed by atoms with Gasteiger partial charge in [-0.2, -0.15) is 0 Å². The second-order valence-corrected chi connectivity index (χ2v) is 4.54. The molecule has 1 amide bonds. The standard InChI is InChI=1S/C10H10N2O3S/c13-10-2-1-7-11(10)16-9-5-3-8(4-6-9)12(14)15/h3-6H,1-2,7H2. The van der Waals surface area contributed by atoms with E-state index >= 15 is 0 Å². The topological polar surface area (TPSA) is 63.5 Å². The molecule has 1 aromatic carbocycles. The van der Waals surface area contributed by atoms with Crippen molar-refractivity contribution in [2.24, 2.45) is 0 Å². The highest BCUT2D eigenvalue weighted by Gasteiger charge is 2.21. The Bertz CT molecular complexity index is 419. The van der Waals surface area contributed by atoms with Crippen LogP contribution < -0.4 is 0 Å². The van der Waals surface area contributed by atoms with Gasteiger partial charge in [0.25, 0.3) is 5.69 Å². The van der Waals surface area contributed by atoms with Crippen molar-refractivity contribution in [2.75, 3.05) is 6.54 Å². The van der Waals surface area contributed by atoms with Gasteiger partial charge in [-0.3, -0.25) is 19.2 Å². The van der Waals surface area contributed by atoms with Crippen LogP contribution in [0.25, 0.3) is 0 Å². The third-order valence-corrected chi connectivity index (χ3v) is 3.38. The Morgan fingerprint density at radius 3 is 2.50 bits per heavy atom. The van der Waals surface area contributed by atoms with E-state index in [4.69, 9.17) is 0 Å². The molecule has 84 valence electrons. The molecule has 5 nitrogen and oxygen atoms in total. The number of benzene rings is 1. The molecule has 1 saturated heterocycles. The van der Waals surface area contributed by atoms with Crippen molar-refractivity contribution < 1.29 is 9.72 Å². The average molecular weight is 238 g/mol. The van der Waals surface area contributed by atoms with Crippen LogP contribution >= 0.6 is 11.9 Å². The number of non-ortho nitro benzene ring substituents is 1. The molecule has 0 spiro atoms. The predicted molar refractivity (Wildman–Crippen MR) is 59.9 cm³/mol.